The number of benzene rings is 3. The molecule has 7 heteroatoms. The first-order valence-corrected chi connectivity index (χ1v) is 10.6. The van der Waals surface area contributed by atoms with Crippen molar-refractivity contribution in [2.75, 3.05) is 11.9 Å². The van der Waals surface area contributed by atoms with Crippen LogP contribution in [0.3, 0.4) is 0 Å². The SMILES string of the molecule is O=C(Cn1ccc2ccccc2c1=O)NCCC(=O)Nc1ccc(Oc2ccccc2)cc1. The third-order valence-electron chi connectivity index (χ3n) is 4.99. The minimum Gasteiger partial charge on any atom is -0.457 e. The first-order chi connectivity index (χ1) is 16.1. The molecule has 2 N–H and O–H groups in total. The highest BCUT2D eigenvalue weighted by molar-refractivity contribution is 5.91. The van der Waals surface area contributed by atoms with Gasteiger partial charge < -0.3 is 19.9 Å². The van der Waals surface area contributed by atoms with Crippen LogP contribution in [-0.4, -0.2) is 22.9 Å². The minimum atomic E-state index is -0.331. The smallest absolute Gasteiger partial charge is 0.258 e. The summed E-state index contributed by atoms with van der Waals surface area (Å²) in [5, 5.41) is 6.86. The molecule has 0 saturated heterocycles. The molecular weight excluding hydrogens is 418 g/mol. The van der Waals surface area contributed by atoms with Gasteiger partial charge in [-0.05, 0) is 53.9 Å². The number of aromatic nitrogens is 1. The second-order valence-corrected chi connectivity index (χ2v) is 7.42. The number of carbonyl (C=O) groups excluding carboxylic acids is 2. The Balaban J connectivity index is 1.23. The van der Waals surface area contributed by atoms with Crippen LogP contribution in [0.25, 0.3) is 10.8 Å². The minimum absolute atomic E-state index is 0.103. The van der Waals surface area contributed by atoms with Crippen molar-refractivity contribution in [2.45, 2.75) is 13.0 Å². The molecule has 0 bridgehead atoms. The van der Waals surface area contributed by atoms with Gasteiger partial charge in [0.15, 0.2) is 0 Å². The van der Waals surface area contributed by atoms with Gasteiger partial charge in [-0.3, -0.25) is 14.4 Å². The molecule has 0 fully saturated rings. The Bertz CT molecular complexity index is 1310. The predicted molar refractivity (Wildman–Crippen MR) is 127 cm³/mol. The van der Waals surface area contributed by atoms with Gasteiger partial charge in [0.2, 0.25) is 11.8 Å². The third kappa shape index (κ3) is 5.86. The lowest BCUT2D eigenvalue weighted by molar-refractivity contribution is -0.121. The molecule has 0 atom stereocenters. The summed E-state index contributed by atoms with van der Waals surface area (Å²) in [6.45, 7) is 0.0658. The second-order valence-electron chi connectivity index (χ2n) is 7.42. The van der Waals surface area contributed by atoms with Crippen molar-refractivity contribution in [1.29, 1.82) is 0 Å². The molecule has 1 aromatic heterocycles. The van der Waals surface area contributed by atoms with E-state index in [0.717, 1.165) is 11.1 Å². The van der Waals surface area contributed by atoms with Crippen molar-refractivity contribution < 1.29 is 14.3 Å². The molecule has 4 rings (SSSR count). The maximum absolute atomic E-state index is 12.5. The number of carbonyl (C=O) groups is 2. The van der Waals surface area contributed by atoms with Crippen LogP contribution >= 0.6 is 0 Å². The number of nitrogens with one attached hydrogen (secondary N) is 2. The number of fused-ring (bicyclic) bond motifs is 1. The number of amides is 2. The van der Waals surface area contributed by atoms with E-state index in [1.807, 2.05) is 42.5 Å². The average molecular weight is 441 g/mol. The van der Waals surface area contributed by atoms with Gasteiger partial charge in [0.05, 0.1) is 0 Å². The van der Waals surface area contributed by atoms with Gasteiger partial charge in [0, 0.05) is 30.2 Å². The van der Waals surface area contributed by atoms with E-state index < -0.39 is 0 Å². The standard InChI is InChI=1S/C26H23N3O4/c30-24(28-20-10-12-22(13-11-20)33-21-7-2-1-3-8-21)14-16-27-25(31)18-29-17-15-19-6-4-5-9-23(19)26(29)32/h1-13,15,17H,14,16,18H2,(H,27,31)(H,28,30). The van der Waals surface area contributed by atoms with Gasteiger partial charge in [-0.2, -0.15) is 0 Å². The van der Waals surface area contributed by atoms with Gasteiger partial charge >= 0.3 is 0 Å². The lowest BCUT2D eigenvalue weighted by Gasteiger charge is -2.10. The summed E-state index contributed by atoms with van der Waals surface area (Å²) < 4.78 is 7.08. The molecule has 0 saturated carbocycles. The van der Waals surface area contributed by atoms with Crippen molar-refractivity contribution in [3.63, 3.8) is 0 Å². The zero-order chi connectivity index (χ0) is 23.0. The van der Waals surface area contributed by atoms with Crippen molar-refractivity contribution in [3.8, 4) is 11.5 Å². The van der Waals surface area contributed by atoms with Crippen LogP contribution in [0.5, 0.6) is 11.5 Å². The van der Waals surface area contributed by atoms with Crippen LogP contribution in [-0.2, 0) is 16.1 Å². The predicted octanol–water partition coefficient (Wildman–Crippen LogP) is 3.94. The molecule has 0 aliphatic rings. The Morgan fingerprint density at radius 1 is 0.788 bits per heavy atom. The molecule has 0 radical (unpaired) electrons. The van der Waals surface area contributed by atoms with E-state index in [1.54, 1.807) is 48.7 Å². The highest BCUT2D eigenvalue weighted by Gasteiger charge is 2.08. The Kier molecular flexibility index (Phi) is 6.80. The zero-order valence-corrected chi connectivity index (χ0v) is 17.9. The molecule has 33 heavy (non-hydrogen) atoms. The van der Waals surface area contributed by atoms with E-state index in [4.69, 9.17) is 4.74 Å². The second kappa shape index (κ2) is 10.3. The quantitative estimate of drug-likeness (QED) is 0.433. The molecule has 0 unspecified atom stereocenters. The fourth-order valence-electron chi connectivity index (χ4n) is 3.33. The summed E-state index contributed by atoms with van der Waals surface area (Å²) in [6.07, 6.45) is 1.71. The average Bonchev–Trinajstić information content (AvgIpc) is 2.83. The van der Waals surface area contributed by atoms with Crippen molar-refractivity contribution in [2.24, 2.45) is 0 Å². The maximum Gasteiger partial charge on any atom is 0.258 e. The topological polar surface area (TPSA) is 89.4 Å². The van der Waals surface area contributed by atoms with E-state index in [0.29, 0.717) is 16.8 Å². The molecule has 7 nitrogen and oxygen atoms in total. The normalized spacial score (nSPS) is 10.5. The summed E-state index contributed by atoms with van der Waals surface area (Å²) >= 11 is 0. The number of rotatable bonds is 8. The molecule has 3 aromatic carbocycles. The number of hydrogen-bond donors (Lipinski definition) is 2. The summed E-state index contributed by atoms with van der Waals surface area (Å²) in [6, 6.07) is 25.5. The zero-order valence-electron chi connectivity index (χ0n) is 17.9. The van der Waals surface area contributed by atoms with Gasteiger partial charge in [-0.15, -0.1) is 0 Å². The Morgan fingerprint density at radius 2 is 1.48 bits per heavy atom. The number of anilines is 1. The molecule has 1 heterocycles. The number of hydrogen-bond acceptors (Lipinski definition) is 4. The third-order valence-corrected chi connectivity index (χ3v) is 4.99. The lowest BCUT2D eigenvalue weighted by atomic mass is 10.2. The number of ether oxygens (including phenoxy) is 1. The van der Waals surface area contributed by atoms with Crippen LogP contribution in [0.4, 0.5) is 5.69 Å². The van der Waals surface area contributed by atoms with Gasteiger partial charge in [-0.25, -0.2) is 0 Å². The summed E-state index contributed by atoms with van der Waals surface area (Å²) in [5.41, 5.74) is 0.412. The van der Waals surface area contributed by atoms with Crippen molar-refractivity contribution >= 4 is 28.3 Å². The lowest BCUT2D eigenvalue weighted by Crippen LogP contribution is -2.33. The molecule has 166 valence electrons. The largest absolute Gasteiger partial charge is 0.457 e. The Labute approximate surface area is 190 Å². The number of nitrogens with zero attached hydrogens (tertiary/aromatic N) is 1. The molecule has 4 aromatic rings. The molecule has 0 aliphatic heterocycles. The fraction of sp³-hybridized carbons (Fsp3) is 0.115. The van der Waals surface area contributed by atoms with Crippen molar-refractivity contribution in [3.05, 3.63) is 101 Å². The first-order valence-electron chi connectivity index (χ1n) is 10.6. The van der Waals surface area contributed by atoms with Gasteiger partial charge in [-0.1, -0.05) is 36.4 Å². The van der Waals surface area contributed by atoms with Crippen LogP contribution in [0, 0.1) is 0 Å². The summed E-state index contributed by atoms with van der Waals surface area (Å²) in [5.74, 6) is 0.837. The fourth-order valence-corrected chi connectivity index (χ4v) is 3.33. The van der Waals surface area contributed by atoms with Gasteiger partial charge in [0.25, 0.3) is 5.56 Å². The Hall–Kier alpha value is -4.39. The summed E-state index contributed by atoms with van der Waals surface area (Å²) in [4.78, 5) is 36.9. The molecule has 2 amide bonds. The van der Waals surface area contributed by atoms with Crippen LogP contribution in [0.1, 0.15) is 6.42 Å². The van der Waals surface area contributed by atoms with E-state index >= 15 is 0 Å². The van der Waals surface area contributed by atoms with E-state index in [2.05, 4.69) is 10.6 Å². The molecule has 0 spiro atoms. The highest BCUT2D eigenvalue weighted by Crippen LogP contribution is 2.22. The van der Waals surface area contributed by atoms with Crippen LogP contribution in [0.15, 0.2) is 95.9 Å². The number of pyridine rings is 1. The Morgan fingerprint density at radius 3 is 2.27 bits per heavy atom. The van der Waals surface area contributed by atoms with E-state index in [9.17, 15) is 14.4 Å². The highest BCUT2D eigenvalue weighted by atomic mass is 16.5. The van der Waals surface area contributed by atoms with Crippen molar-refractivity contribution in [1.82, 2.24) is 9.88 Å². The summed E-state index contributed by atoms with van der Waals surface area (Å²) in [7, 11) is 0. The van der Waals surface area contributed by atoms with E-state index in [1.165, 1.54) is 4.57 Å². The van der Waals surface area contributed by atoms with E-state index in [-0.39, 0.29) is 36.9 Å². The number of para-hydroxylation sites is 1. The monoisotopic (exact) mass is 441 g/mol. The molecule has 0 aliphatic carbocycles. The van der Waals surface area contributed by atoms with Crippen LogP contribution in [0.2, 0.25) is 0 Å². The van der Waals surface area contributed by atoms with Crippen LogP contribution < -0.4 is 20.9 Å². The first kappa shape index (κ1) is 21.8. The maximum atomic E-state index is 12.5. The van der Waals surface area contributed by atoms with Gasteiger partial charge in [0.1, 0.15) is 18.0 Å². The molecular formula is C26H23N3O4.